The summed E-state index contributed by atoms with van der Waals surface area (Å²) < 4.78 is 2.26. The molecule has 2 heteroatoms. The van der Waals surface area contributed by atoms with Gasteiger partial charge in [-0.25, -0.2) is 4.98 Å². The third-order valence-electron chi connectivity index (χ3n) is 9.50. The van der Waals surface area contributed by atoms with Gasteiger partial charge in [-0.3, -0.25) is 4.57 Å². The van der Waals surface area contributed by atoms with E-state index in [9.17, 15) is 0 Å². The molecule has 2 aliphatic carbocycles. The molecule has 6 aromatic carbocycles. The highest BCUT2D eigenvalue weighted by Crippen LogP contribution is 2.63. The van der Waals surface area contributed by atoms with Gasteiger partial charge in [-0.15, -0.1) is 0 Å². The van der Waals surface area contributed by atoms with Crippen LogP contribution in [0.1, 0.15) is 33.6 Å². The van der Waals surface area contributed by atoms with Crippen molar-refractivity contribution in [2.24, 2.45) is 0 Å². The Bertz CT molecular complexity index is 2170. The molecule has 0 N–H and O–H groups in total. The molecule has 0 aliphatic heterocycles. The van der Waals surface area contributed by atoms with Crippen molar-refractivity contribution in [2.75, 3.05) is 0 Å². The van der Waals surface area contributed by atoms with Gasteiger partial charge in [0.2, 0.25) is 0 Å². The molecule has 0 saturated carbocycles. The van der Waals surface area contributed by atoms with E-state index in [1.807, 2.05) is 6.07 Å². The monoisotopic (exact) mass is 536 g/mol. The quantitative estimate of drug-likeness (QED) is 0.215. The average Bonchev–Trinajstić information content (AvgIpc) is 3.63. The van der Waals surface area contributed by atoms with E-state index < -0.39 is 0 Å². The maximum absolute atomic E-state index is 4.80. The number of hydrogen-bond acceptors (Lipinski definition) is 1. The average molecular weight is 537 g/mol. The Morgan fingerprint density at radius 1 is 0.500 bits per heavy atom. The van der Waals surface area contributed by atoms with Crippen molar-refractivity contribution in [3.8, 4) is 39.1 Å². The summed E-state index contributed by atoms with van der Waals surface area (Å²) in [5, 5.41) is 0. The first kappa shape index (κ1) is 23.5. The maximum atomic E-state index is 4.80. The molecule has 0 fully saturated rings. The molecule has 9 rings (SSSR count). The first-order chi connectivity index (χ1) is 20.7. The normalized spacial score (nSPS) is 13.7. The standard InChI is InChI=1S/C40H28N2/c1-25-23-28(42-26(2)41-38-17-9-10-18-39(38)42)20-22-29(25)27-19-21-33-32-13-5-8-16-36(32)40(37(33)24-27)34-14-6-3-11-30(34)31-12-4-7-15-35(31)40/h3-24H,1-2H3. The van der Waals surface area contributed by atoms with Crippen LogP contribution in [0, 0.1) is 13.8 Å². The lowest BCUT2D eigenvalue weighted by molar-refractivity contribution is 0.794. The van der Waals surface area contributed by atoms with Crippen LogP contribution >= 0.6 is 0 Å². The molecule has 1 aromatic heterocycles. The summed E-state index contributed by atoms with van der Waals surface area (Å²) in [4.78, 5) is 4.80. The molecule has 2 nitrogen and oxygen atoms in total. The molecule has 2 aliphatic rings. The van der Waals surface area contributed by atoms with Gasteiger partial charge < -0.3 is 0 Å². The molecule has 0 bridgehead atoms. The topological polar surface area (TPSA) is 17.8 Å². The van der Waals surface area contributed by atoms with Crippen molar-refractivity contribution in [2.45, 2.75) is 19.3 Å². The summed E-state index contributed by atoms with van der Waals surface area (Å²) in [6.45, 7) is 4.31. The van der Waals surface area contributed by atoms with Crippen LogP contribution in [0.2, 0.25) is 0 Å². The van der Waals surface area contributed by atoms with E-state index in [1.165, 1.54) is 61.2 Å². The molecule has 0 saturated heterocycles. The van der Waals surface area contributed by atoms with E-state index in [1.54, 1.807) is 0 Å². The minimum absolute atomic E-state index is 0.324. The van der Waals surface area contributed by atoms with E-state index in [0.717, 1.165) is 22.5 Å². The van der Waals surface area contributed by atoms with Crippen molar-refractivity contribution in [3.05, 3.63) is 167 Å². The Morgan fingerprint density at radius 2 is 1.05 bits per heavy atom. The van der Waals surface area contributed by atoms with Crippen molar-refractivity contribution in [3.63, 3.8) is 0 Å². The van der Waals surface area contributed by atoms with Crippen LogP contribution in [-0.2, 0) is 5.41 Å². The van der Waals surface area contributed by atoms with E-state index in [0.29, 0.717) is 0 Å². The largest absolute Gasteiger partial charge is 0.297 e. The summed E-state index contributed by atoms with van der Waals surface area (Å²) in [5.74, 6) is 0.999. The van der Waals surface area contributed by atoms with Crippen LogP contribution in [0.3, 0.4) is 0 Å². The minimum Gasteiger partial charge on any atom is -0.297 e. The smallest absolute Gasteiger partial charge is 0.111 e. The highest BCUT2D eigenvalue weighted by Gasteiger charge is 2.51. The fourth-order valence-electron chi connectivity index (χ4n) is 7.85. The number of fused-ring (bicyclic) bond motifs is 11. The fourth-order valence-corrected chi connectivity index (χ4v) is 7.85. The van der Waals surface area contributed by atoms with Gasteiger partial charge in [0.05, 0.1) is 16.4 Å². The van der Waals surface area contributed by atoms with E-state index in [2.05, 4.69) is 146 Å². The summed E-state index contributed by atoms with van der Waals surface area (Å²) in [7, 11) is 0. The molecule has 198 valence electrons. The number of benzene rings is 6. The van der Waals surface area contributed by atoms with Crippen LogP contribution in [0.25, 0.3) is 50.1 Å². The predicted octanol–water partition coefficient (Wildman–Crippen LogP) is 9.65. The Balaban J connectivity index is 1.27. The second-order valence-corrected chi connectivity index (χ2v) is 11.6. The van der Waals surface area contributed by atoms with Gasteiger partial charge in [-0.05, 0) is 105 Å². The molecule has 7 aromatic rings. The van der Waals surface area contributed by atoms with Gasteiger partial charge in [0, 0.05) is 5.69 Å². The second kappa shape index (κ2) is 8.41. The van der Waals surface area contributed by atoms with Crippen LogP contribution < -0.4 is 0 Å². The highest BCUT2D eigenvalue weighted by atomic mass is 15.1. The maximum Gasteiger partial charge on any atom is 0.111 e. The zero-order valence-electron chi connectivity index (χ0n) is 23.6. The summed E-state index contributed by atoms with van der Waals surface area (Å²) in [6.07, 6.45) is 0. The molecule has 1 heterocycles. The van der Waals surface area contributed by atoms with Gasteiger partial charge in [0.25, 0.3) is 0 Å². The molecule has 42 heavy (non-hydrogen) atoms. The molecular weight excluding hydrogens is 508 g/mol. The van der Waals surface area contributed by atoms with Gasteiger partial charge >= 0.3 is 0 Å². The van der Waals surface area contributed by atoms with Gasteiger partial charge in [-0.1, -0.05) is 103 Å². The molecule has 0 unspecified atom stereocenters. The van der Waals surface area contributed by atoms with E-state index in [4.69, 9.17) is 4.98 Å². The zero-order valence-corrected chi connectivity index (χ0v) is 23.6. The van der Waals surface area contributed by atoms with Crippen molar-refractivity contribution < 1.29 is 0 Å². The molecule has 0 radical (unpaired) electrons. The Hall–Kier alpha value is -5.21. The first-order valence-electron chi connectivity index (χ1n) is 14.7. The molecule has 1 spiro atoms. The van der Waals surface area contributed by atoms with Gasteiger partial charge in [0.15, 0.2) is 0 Å². The molecule has 0 atom stereocenters. The number of nitrogens with zero attached hydrogens (tertiary/aromatic N) is 2. The second-order valence-electron chi connectivity index (χ2n) is 11.6. The van der Waals surface area contributed by atoms with Crippen molar-refractivity contribution in [1.29, 1.82) is 0 Å². The summed E-state index contributed by atoms with van der Waals surface area (Å²) >= 11 is 0. The number of imidazole rings is 1. The van der Waals surface area contributed by atoms with Crippen LogP contribution in [-0.4, -0.2) is 9.55 Å². The highest BCUT2D eigenvalue weighted by molar-refractivity contribution is 5.96. The van der Waals surface area contributed by atoms with E-state index >= 15 is 0 Å². The number of aromatic nitrogens is 2. The summed E-state index contributed by atoms with van der Waals surface area (Å²) in [6, 6.07) is 49.3. The molecular formula is C40H28N2. The molecule has 0 amide bonds. The van der Waals surface area contributed by atoms with Crippen LogP contribution in [0.5, 0.6) is 0 Å². The van der Waals surface area contributed by atoms with E-state index in [-0.39, 0.29) is 5.41 Å². The Morgan fingerprint density at radius 3 is 1.69 bits per heavy atom. The predicted molar refractivity (Wildman–Crippen MR) is 172 cm³/mol. The van der Waals surface area contributed by atoms with Crippen molar-refractivity contribution in [1.82, 2.24) is 9.55 Å². The lowest BCUT2D eigenvalue weighted by Gasteiger charge is -2.30. The Kier molecular flexibility index (Phi) is 4.70. The number of rotatable bonds is 2. The minimum atomic E-state index is -0.324. The number of hydrogen-bond donors (Lipinski definition) is 0. The lowest BCUT2D eigenvalue weighted by Crippen LogP contribution is -2.25. The van der Waals surface area contributed by atoms with Gasteiger partial charge in [-0.2, -0.15) is 0 Å². The van der Waals surface area contributed by atoms with Crippen molar-refractivity contribution >= 4 is 11.0 Å². The first-order valence-corrected chi connectivity index (χ1v) is 14.7. The van der Waals surface area contributed by atoms with Crippen LogP contribution in [0.15, 0.2) is 133 Å². The third kappa shape index (κ3) is 2.91. The zero-order chi connectivity index (χ0) is 28.0. The Labute approximate surface area is 245 Å². The SMILES string of the molecule is Cc1cc(-n2c(C)nc3ccccc32)ccc1-c1ccc2c(c1)C1(c3ccccc3-c3ccccc31)c1ccccc1-2. The number of para-hydroxylation sites is 2. The third-order valence-corrected chi connectivity index (χ3v) is 9.50. The fraction of sp³-hybridized carbons (Fsp3) is 0.0750. The van der Waals surface area contributed by atoms with Gasteiger partial charge in [0.1, 0.15) is 5.82 Å². The number of aryl methyl sites for hydroxylation is 2. The van der Waals surface area contributed by atoms with Crippen LogP contribution in [0.4, 0.5) is 0 Å². The summed E-state index contributed by atoms with van der Waals surface area (Å²) in [5.41, 5.74) is 17.6. The lowest BCUT2D eigenvalue weighted by atomic mass is 9.70.